The second-order valence-corrected chi connectivity index (χ2v) is 7.37. The first-order chi connectivity index (χ1) is 13.7. The van der Waals surface area contributed by atoms with Crippen LogP contribution in [0.25, 0.3) is 0 Å². The summed E-state index contributed by atoms with van der Waals surface area (Å²) in [7, 11) is 3.54. The predicted octanol–water partition coefficient (Wildman–Crippen LogP) is 3.14. The van der Waals surface area contributed by atoms with Gasteiger partial charge in [-0.1, -0.05) is 31.9 Å². The minimum absolute atomic E-state index is 0. The van der Waals surface area contributed by atoms with E-state index in [0.717, 1.165) is 43.6 Å². The molecule has 1 aliphatic rings. The Morgan fingerprint density at radius 3 is 2.76 bits per heavy atom. The number of halogens is 1. The van der Waals surface area contributed by atoms with Gasteiger partial charge in [-0.15, -0.1) is 34.2 Å². The van der Waals surface area contributed by atoms with Crippen LogP contribution in [0.1, 0.15) is 44.0 Å². The van der Waals surface area contributed by atoms with Crippen LogP contribution in [0.15, 0.2) is 35.6 Å². The van der Waals surface area contributed by atoms with Crippen LogP contribution in [0.3, 0.4) is 0 Å². The van der Waals surface area contributed by atoms with Crippen molar-refractivity contribution in [3.8, 4) is 5.75 Å². The summed E-state index contributed by atoms with van der Waals surface area (Å²) < 4.78 is 7.52. The molecule has 0 spiro atoms. The lowest BCUT2D eigenvalue weighted by atomic mass is 9.78. The maximum Gasteiger partial charge on any atom is 0.191 e. The zero-order chi connectivity index (χ0) is 19.8. The van der Waals surface area contributed by atoms with Crippen LogP contribution < -0.4 is 15.4 Å². The molecule has 2 N–H and O–H groups in total. The zero-order valence-corrected chi connectivity index (χ0v) is 20.0. The van der Waals surface area contributed by atoms with Gasteiger partial charge in [-0.3, -0.25) is 4.99 Å². The molecule has 160 valence electrons. The SMILES string of the molecule is CCc1nncn1CCNC(=NC)NCC1(c2cccc(OC)c2)CCCC1.I. The van der Waals surface area contributed by atoms with Gasteiger partial charge in [0.2, 0.25) is 0 Å². The number of rotatable bonds is 8. The van der Waals surface area contributed by atoms with E-state index in [1.165, 1.54) is 31.2 Å². The van der Waals surface area contributed by atoms with E-state index in [1.807, 2.05) is 13.1 Å². The summed E-state index contributed by atoms with van der Waals surface area (Å²) in [6.45, 7) is 4.55. The molecule has 0 amide bonds. The molecule has 0 bridgehead atoms. The molecule has 1 heterocycles. The molecule has 7 nitrogen and oxygen atoms in total. The number of hydrogen-bond donors (Lipinski definition) is 2. The molecule has 0 radical (unpaired) electrons. The highest BCUT2D eigenvalue weighted by Gasteiger charge is 2.36. The maximum absolute atomic E-state index is 5.44. The number of nitrogens with one attached hydrogen (secondary N) is 2. The minimum Gasteiger partial charge on any atom is -0.497 e. The fourth-order valence-corrected chi connectivity index (χ4v) is 4.08. The standard InChI is InChI=1S/C21H32N6O.HI/c1-4-19-26-25-16-27(19)13-12-23-20(22-2)24-15-21(10-5-6-11-21)17-8-7-9-18(14-17)28-3;/h7-9,14,16H,4-6,10-13,15H2,1-3H3,(H2,22,23,24);1H. The van der Waals surface area contributed by atoms with Crippen LogP contribution >= 0.6 is 24.0 Å². The van der Waals surface area contributed by atoms with Crippen molar-refractivity contribution in [1.29, 1.82) is 0 Å². The largest absolute Gasteiger partial charge is 0.497 e. The third-order valence-electron chi connectivity index (χ3n) is 5.72. The van der Waals surface area contributed by atoms with Crippen molar-refractivity contribution in [3.63, 3.8) is 0 Å². The van der Waals surface area contributed by atoms with Crippen molar-refractivity contribution in [3.05, 3.63) is 42.0 Å². The minimum atomic E-state index is 0. The van der Waals surface area contributed by atoms with Crippen LogP contribution in [-0.2, 0) is 18.4 Å². The Balaban J connectivity index is 0.00000300. The number of aliphatic imine (C=N–C) groups is 1. The summed E-state index contributed by atoms with van der Waals surface area (Å²) in [6, 6.07) is 8.51. The van der Waals surface area contributed by atoms with Gasteiger partial charge in [0.25, 0.3) is 0 Å². The Morgan fingerprint density at radius 1 is 1.28 bits per heavy atom. The molecule has 0 atom stereocenters. The molecule has 29 heavy (non-hydrogen) atoms. The highest BCUT2D eigenvalue weighted by atomic mass is 127. The number of hydrogen-bond acceptors (Lipinski definition) is 4. The van der Waals surface area contributed by atoms with E-state index >= 15 is 0 Å². The lowest BCUT2D eigenvalue weighted by Crippen LogP contribution is -2.45. The summed E-state index contributed by atoms with van der Waals surface area (Å²) >= 11 is 0. The number of aryl methyl sites for hydroxylation is 1. The van der Waals surface area contributed by atoms with Crippen molar-refractivity contribution in [2.45, 2.75) is 51.0 Å². The number of aromatic nitrogens is 3. The first kappa shape index (κ1) is 23.4. The third kappa shape index (κ3) is 5.83. The van der Waals surface area contributed by atoms with Crippen molar-refractivity contribution in [1.82, 2.24) is 25.4 Å². The highest BCUT2D eigenvalue weighted by molar-refractivity contribution is 14.0. The summed E-state index contributed by atoms with van der Waals surface area (Å²) in [6.07, 6.45) is 7.56. The van der Waals surface area contributed by atoms with E-state index in [4.69, 9.17) is 4.74 Å². The van der Waals surface area contributed by atoms with Gasteiger partial charge in [-0.2, -0.15) is 0 Å². The lowest BCUT2D eigenvalue weighted by Gasteiger charge is -2.31. The lowest BCUT2D eigenvalue weighted by molar-refractivity contribution is 0.404. The zero-order valence-electron chi connectivity index (χ0n) is 17.6. The van der Waals surface area contributed by atoms with Gasteiger partial charge >= 0.3 is 0 Å². The first-order valence-corrected chi connectivity index (χ1v) is 10.2. The van der Waals surface area contributed by atoms with Crippen LogP contribution in [0.2, 0.25) is 0 Å². The van der Waals surface area contributed by atoms with Gasteiger partial charge in [0.05, 0.1) is 7.11 Å². The maximum atomic E-state index is 5.44. The average molecular weight is 512 g/mol. The van der Waals surface area contributed by atoms with E-state index in [-0.39, 0.29) is 29.4 Å². The molecular formula is C21H33IN6O. The molecule has 3 rings (SSSR count). The first-order valence-electron chi connectivity index (χ1n) is 10.2. The van der Waals surface area contributed by atoms with Gasteiger partial charge in [0, 0.05) is 38.5 Å². The van der Waals surface area contributed by atoms with E-state index in [2.05, 4.69) is 55.5 Å². The molecule has 0 saturated heterocycles. The van der Waals surface area contributed by atoms with Gasteiger partial charge in [-0.05, 0) is 30.5 Å². The van der Waals surface area contributed by atoms with E-state index in [0.29, 0.717) is 0 Å². The second kappa shape index (κ2) is 11.4. The van der Waals surface area contributed by atoms with Crippen LogP contribution in [0.4, 0.5) is 0 Å². The Morgan fingerprint density at radius 2 is 2.07 bits per heavy atom. The van der Waals surface area contributed by atoms with E-state index in [9.17, 15) is 0 Å². The topological polar surface area (TPSA) is 76.4 Å². The molecule has 0 unspecified atom stereocenters. The average Bonchev–Trinajstić information content (AvgIpc) is 3.40. The fraction of sp³-hybridized carbons (Fsp3) is 0.571. The van der Waals surface area contributed by atoms with Gasteiger partial charge < -0.3 is 19.9 Å². The molecule has 1 saturated carbocycles. The van der Waals surface area contributed by atoms with Crippen LogP contribution in [0.5, 0.6) is 5.75 Å². The Labute approximate surface area is 190 Å². The fourth-order valence-electron chi connectivity index (χ4n) is 4.08. The normalized spacial score (nSPS) is 15.6. The highest BCUT2D eigenvalue weighted by Crippen LogP contribution is 2.41. The number of guanidine groups is 1. The van der Waals surface area contributed by atoms with Gasteiger partial charge in [-0.25, -0.2) is 0 Å². The smallest absolute Gasteiger partial charge is 0.191 e. The molecular weight excluding hydrogens is 479 g/mol. The van der Waals surface area contributed by atoms with Crippen molar-refractivity contribution in [2.24, 2.45) is 4.99 Å². The van der Waals surface area contributed by atoms with Gasteiger partial charge in [0.15, 0.2) is 5.96 Å². The second-order valence-electron chi connectivity index (χ2n) is 7.37. The quantitative estimate of drug-likeness (QED) is 0.323. The summed E-state index contributed by atoms with van der Waals surface area (Å²) in [5.41, 5.74) is 1.49. The molecule has 0 aliphatic heterocycles. The third-order valence-corrected chi connectivity index (χ3v) is 5.72. The Hall–Kier alpha value is -1.84. The summed E-state index contributed by atoms with van der Waals surface area (Å²) in [4.78, 5) is 4.40. The Kier molecular flexibility index (Phi) is 9.19. The van der Waals surface area contributed by atoms with Crippen molar-refractivity contribution in [2.75, 3.05) is 27.2 Å². The summed E-state index contributed by atoms with van der Waals surface area (Å²) in [5.74, 6) is 2.76. The van der Waals surface area contributed by atoms with E-state index in [1.54, 1.807) is 13.4 Å². The number of nitrogens with zero attached hydrogens (tertiary/aromatic N) is 4. The monoisotopic (exact) mass is 512 g/mol. The van der Waals surface area contributed by atoms with E-state index < -0.39 is 0 Å². The molecule has 1 aliphatic carbocycles. The van der Waals surface area contributed by atoms with Crippen molar-refractivity contribution >= 4 is 29.9 Å². The number of benzene rings is 1. The number of ether oxygens (including phenoxy) is 1. The summed E-state index contributed by atoms with van der Waals surface area (Å²) in [5, 5.41) is 15.1. The number of methoxy groups -OCH3 is 1. The van der Waals surface area contributed by atoms with Gasteiger partial charge in [0.1, 0.15) is 17.9 Å². The molecule has 1 fully saturated rings. The molecule has 1 aromatic carbocycles. The van der Waals surface area contributed by atoms with Crippen LogP contribution in [0, 0.1) is 0 Å². The molecule has 1 aromatic heterocycles. The molecule has 2 aromatic rings. The predicted molar refractivity (Wildman–Crippen MR) is 127 cm³/mol. The molecule has 8 heteroatoms. The Bertz CT molecular complexity index is 785. The van der Waals surface area contributed by atoms with Crippen molar-refractivity contribution < 1.29 is 4.74 Å². The van der Waals surface area contributed by atoms with Crippen LogP contribution in [-0.4, -0.2) is 48.0 Å².